The number of hydrogen-bond donors (Lipinski definition) is 2. The number of nitrogens with zero attached hydrogens (tertiary/aromatic N) is 2. The van der Waals surface area contributed by atoms with Crippen molar-refractivity contribution >= 4 is 23.6 Å². The Morgan fingerprint density at radius 2 is 1.72 bits per heavy atom. The van der Waals surface area contributed by atoms with Crippen molar-refractivity contribution in [3.8, 4) is 11.5 Å². The number of nitrogens with one attached hydrogen (secondary N) is 2. The van der Waals surface area contributed by atoms with Crippen LogP contribution in [0.3, 0.4) is 0 Å². The zero-order chi connectivity index (χ0) is 19.9. The number of rotatable bonds is 6. The number of aromatic nitrogens is 2. The molecule has 0 radical (unpaired) electrons. The molecule has 7 heteroatoms. The van der Waals surface area contributed by atoms with Crippen molar-refractivity contribution in [1.29, 1.82) is 0 Å². The molecule has 1 amide bonds. The molecule has 1 fully saturated rings. The molecule has 0 unspecified atom stereocenters. The summed E-state index contributed by atoms with van der Waals surface area (Å²) in [6.45, 7) is 0.604. The smallest absolute Gasteiger partial charge is 0.237 e. The normalized spacial score (nSPS) is 19.1. The van der Waals surface area contributed by atoms with E-state index >= 15 is 0 Å². The summed E-state index contributed by atoms with van der Waals surface area (Å²) >= 11 is 1.67. The summed E-state index contributed by atoms with van der Waals surface area (Å²) in [6.07, 6.45) is 4.28. The molecule has 0 saturated carbocycles. The zero-order valence-electron chi connectivity index (χ0n) is 15.8. The maximum Gasteiger partial charge on any atom is 0.237 e. The van der Waals surface area contributed by atoms with Crippen LogP contribution in [-0.2, 0) is 4.79 Å². The number of hydrogen-bond acceptors (Lipinski definition) is 6. The van der Waals surface area contributed by atoms with Gasteiger partial charge in [0, 0.05) is 25.0 Å². The third-order valence-corrected chi connectivity index (χ3v) is 5.86. The van der Waals surface area contributed by atoms with Crippen molar-refractivity contribution in [3.63, 3.8) is 0 Å². The first-order valence-corrected chi connectivity index (χ1v) is 10.6. The number of anilines is 1. The van der Waals surface area contributed by atoms with Crippen LogP contribution >= 0.6 is 11.8 Å². The van der Waals surface area contributed by atoms with E-state index in [-0.39, 0.29) is 17.2 Å². The fraction of sp³-hybridized carbons (Fsp3) is 0.227. The molecule has 1 aliphatic rings. The number of ether oxygens (including phenoxy) is 1. The Kier molecular flexibility index (Phi) is 6.26. The fourth-order valence-corrected chi connectivity index (χ4v) is 4.32. The van der Waals surface area contributed by atoms with Gasteiger partial charge in [-0.05, 0) is 48.1 Å². The first-order valence-electron chi connectivity index (χ1n) is 9.54. The minimum atomic E-state index is -0.223. The van der Waals surface area contributed by atoms with Gasteiger partial charge in [-0.3, -0.25) is 4.79 Å². The monoisotopic (exact) mass is 406 g/mol. The summed E-state index contributed by atoms with van der Waals surface area (Å²) in [6, 6.07) is 19.2. The molecule has 4 rings (SSSR count). The first kappa shape index (κ1) is 19.3. The van der Waals surface area contributed by atoms with Crippen LogP contribution in [0.1, 0.15) is 17.2 Å². The van der Waals surface area contributed by atoms with Crippen LogP contribution < -0.4 is 15.4 Å². The lowest BCUT2D eigenvalue weighted by Gasteiger charge is -2.18. The van der Waals surface area contributed by atoms with E-state index in [0.29, 0.717) is 12.5 Å². The van der Waals surface area contributed by atoms with Gasteiger partial charge in [-0.25, -0.2) is 9.97 Å². The summed E-state index contributed by atoms with van der Waals surface area (Å²) in [4.78, 5) is 21.1. The molecule has 1 aliphatic heterocycles. The van der Waals surface area contributed by atoms with Crippen LogP contribution in [0.4, 0.5) is 5.95 Å². The van der Waals surface area contributed by atoms with Gasteiger partial charge in [-0.1, -0.05) is 30.3 Å². The fourth-order valence-electron chi connectivity index (χ4n) is 3.09. The van der Waals surface area contributed by atoms with E-state index < -0.39 is 0 Å². The molecule has 2 heterocycles. The molecule has 0 bridgehead atoms. The average Bonchev–Trinajstić information content (AvgIpc) is 2.95. The Labute approximate surface area is 174 Å². The maximum atomic E-state index is 12.8. The molecule has 6 nitrogen and oxygen atoms in total. The summed E-state index contributed by atoms with van der Waals surface area (Å²) in [5.74, 6) is 3.05. The van der Waals surface area contributed by atoms with Gasteiger partial charge in [0.15, 0.2) is 0 Å². The van der Waals surface area contributed by atoms with Gasteiger partial charge in [-0.2, -0.15) is 0 Å². The molecule has 2 aromatic carbocycles. The highest BCUT2D eigenvalue weighted by atomic mass is 32.2. The Morgan fingerprint density at radius 3 is 2.48 bits per heavy atom. The van der Waals surface area contributed by atoms with E-state index in [0.717, 1.165) is 29.2 Å². The van der Waals surface area contributed by atoms with Crippen molar-refractivity contribution in [3.05, 3.63) is 78.6 Å². The minimum absolute atomic E-state index is 0.0324. The Hall–Kier alpha value is -3.06. The van der Waals surface area contributed by atoms with Crippen molar-refractivity contribution < 1.29 is 9.53 Å². The number of benzene rings is 2. The zero-order valence-corrected chi connectivity index (χ0v) is 16.6. The lowest BCUT2D eigenvalue weighted by Crippen LogP contribution is -2.40. The van der Waals surface area contributed by atoms with E-state index in [1.54, 1.807) is 30.2 Å². The Bertz CT molecular complexity index is 923. The van der Waals surface area contributed by atoms with E-state index in [2.05, 4.69) is 20.6 Å². The van der Waals surface area contributed by atoms with Gasteiger partial charge < -0.3 is 15.4 Å². The van der Waals surface area contributed by atoms with Crippen molar-refractivity contribution in [2.45, 2.75) is 17.7 Å². The number of carbonyl (C=O) groups is 1. The number of carbonyl (C=O) groups excluding carboxylic acids is 1. The van der Waals surface area contributed by atoms with Crippen molar-refractivity contribution in [2.75, 3.05) is 17.6 Å². The minimum Gasteiger partial charge on any atom is -0.457 e. The Balaban J connectivity index is 1.35. The summed E-state index contributed by atoms with van der Waals surface area (Å²) in [5.41, 5.74) is 0.980. The summed E-state index contributed by atoms with van der Waals surface area (Å²) in [7, 11) is 0. The van der Waals surface area contributed by atoms with Crippen LogP contribution in [0.15, 0.2) is 73.1 Å². The predicted molar refractivity (Wildman–Crippen MR) is 115 cm³/mol. The highest BCUT2D eigenvalue weighted by Gasteiger charge is 2.27. The topological polar surface area (TPSA) is 76.1 Å². The second kappa shape index (κ2) is 9.43. The van der Waals surface area contributed by atoms with E-state index in [9.17, 15) is 4.79 Å². The number of amides is 1. The molecule has 2 atom stereocenters. The lowest BCUT2D eigenvalue weighted by atomic mass is 10.1. The van der Waals surface area contributed by atoms with E-state index in [4.69, 9.17) is 4.74 Å². The van der Waals surface area contributed by atoms with Crippen LogP contribution in [0.25, 0.3) is 0 Å². The van der Waals surface area contributed by atoms with Crippen LogP contribution in [0, 0.1) is 0 Å². The van der Waals surface area contributed by atoms with Gasteiger partial charge in [0.2, 0.25) is 11.9 Å². The largest absolute Gasteiger partial charge is 0.457 e. The van der Waals surface area contributed by atoms with Crippen LogP contribution in [0.5, 0.6) is 11.5 Å². The molecule has 2 N–H and O–H groups in total. The quantitative estimate of drug-likeness (QED) is 0.643. The molecule has 0 spiro atoms. The summed E-state index contributed by atoms with van der Waals surface area (Å²) in [5, 5.41) is 6.10. The van der Waals surface area contributed by atoms with Crippen molar-refractivity contribution in [2.24, 2.45) is 0 Å². The highest BCUT2D eigenvalue weighted by Crippen LogP contribution is 2.33. The molecular weight excluding hydrogens is 384 g/mol. The number of para-hydroxylation sites is 1. The number of thioether (sulfide) groups is 1. The summed E-state index contributed by atoms with van der Waals surface area (Å²) < 4.78 is 5.84. The van der Waals surface area contributed by atoms with E-state index in [1.165, 1.54) is 0 Å². The second-order valence-corrected chi connectivity index (χ2v) is 7.90. The van der Waals surface area contributed by atoms with Gasteiger partial charge in [-0.15, -0.1) is 11.8 Å². The third kappa shape index (κ3) is 5.26. The van der Waals surface area contributed by atoms with Gasteiger partial charge in [0.1, 0.15) is 16.7 Å². The molecule has 1 aromatic heterocycles. The predicted octanol–water partition coefficient (Wildman–Crippen LogP) is 4.04. The van der Waals surface area contributed by atoms with Gasteiger partial charge in [0.05, 0.1) is 0 Å². The third-order valence-electron chi connectivity index (χ3n) is 4.57. The van der Waals surface area contributed by atoms with Crippen LogP contribution in [0.2, 0.25) is 0 Å². The molecule has 148 valence electrons. The SMILES string of the molecule is O=C1N[C@H](CNc2ncccn2)CCS[C@@H]1c1ccc(Oc2ccccc2)cc1. The standard InChI is InChI=1S/C22H22N4O2S/c27-21-20(16-7-9-19(10-8-16)28-18-5-2-1-3-6-18)29-14-11-17(26-21)15-25-22-23-12-4-13-24-22/h1-10,12-13,17,20H,11,14-15H2,(H,26,27)(H,23,24,25)/t17-,20+/m0/s1. The lowest BCUT2D eigenvalue weighted by molar-refractivity contribution is -0.121. The molecule has 0 aliphatic carbocycles. The average molecular weight is 407 g/mol. The van der Waals surface area contributed by atoms with Crippen molar-refractivity contribution in [1.82, 2.24) is 15.3 Å². The first-order chi connectivity index (χ1) is 14.3. The second-order valence-electron chi connectivity index (χ2n) is 6.68. The van der Waals surface area contributed by atoms with E-state index in [1.807, 2.05) is 54.6 Å². The Morgan fingerprint density at radius 1 is 1.00 bits per heavy atom. The van der Waals surface area contributed by atoms with Gasteiger partial charge in [0.25, 0.3) is 0 Å². The molecule has 1 saturated heterocycles. The molecular formula is C22H22N4O2S. The maximum absolute atomic E-state index is 12.8. The highest BCUT2D eigenvalue weighted by molar-refractivity contribution is 8.00. The molecule has 3 aromatic rings. The van der Waals surface area contributed by atoms with Crippen LogP contribution in [-0.4, -0.2) is 34.2 Å². The van der Waals surface area contributed by atoms with Gasteiger partial charge >= 0.3 is 0 Å². The molecule has 29 heavy (non-hydrogen) atoms.